The molecule has 8 heteroatoms. The van der Waals surface area contributed by atoms with Gasteiger partial charge in [-0.05, 0) is 52.8 Å². The first-order valence-electron chi connectivity index (χ1n) is 12.7. The van der Waals surface area contributed by atoms with Crippen molar-refractivity contribution in [3.05, 3.63) is 52.6 Å². The standard InChI is InChI=1S/C28H37N5O3/c1-7-19-9-10-21(15-20(19)8-2)27-29-31-33(30-27)18-25(34)22-16-23(28(3,4)5)26(35-6)24(17-22)32-11-13-36-14-12-32/h9-10,15-17H,7-8,11-14,18H2,1-6H3. The highest BCUT2D eigenvalue weighted by Gasteiger charge is 2.27. The van der Waals surface area contributed by atoms with Crippen molar-refractivity contribution in [3.63, 3.8) is 0 Å². The van der Waals surface area contributed by atoms with Crippen molar-refractivity contribution in [1.82, 2.24) is 20.2 Å². The van der Waals surface area contributed by atoms with Crippen molar-refractivity contribution >= 4 is 11.5 Å². The zero-order valence-corrected chi connectivity index (χ0v) is 22.3. The van der Waals surface area contributed by atoms with Gasteiger partial charge in [0.15, 0.2) is 5.78 Å². The Balaban J connectivity index is 1.63. The number of anilines is 1. The summed E-state index contributed by atoms with van der Waals surface area (Å²) >= 11 is 0. The third-order valence-corrected chi connectivity index (χ3v) is 6.72. The number of carbonyl (C=O) groups is 1. The first kappa shape index (κ1) is 25.8. The van der Waals surface area contributed by atoms with E-state index in [0.717, 1.165) is 48.5 Å². The van der Waals surface area contributed by atoms with E-state index in [9.17, 15) is 4.79 Å². The molecule has 1 aliphatic rings. The lowest BCUT2D eigenvalue weighted by molar-refractivity contribution is 0.0961. The van der Waals surface area contributed by atoms with E-state index < -0.39 is 0 Å². The van der Waals surface area contributed by atoms with Crippen LogP contribution in [0.2, 0.25) is 0 Å². The van der Waals surface area contributed by atoms with E-state index in [1.54, 1.807) is 7.11 Å². The van der Waals surface area contributed by atoms with Crippen LogP contribution in [0.4, 0.5) is 5.69 Å². The van der Waals surface area contributed by atoms with Crippen LogP contribution in [-0.4, -0.2) is 59.4 Å². The van der Waals surface area contributed by atoms with Crippen LogP contribution >= 0.6 is 0 Å². The van der Waals surface area contributed by atoms with Gasteiger partial charge in [-0.3, -0.25) is 4.79 Å². The molecule has 4 rings (SSSR count). The molecule has 1 fully saturated rings. The fourth-order valence-corrected chi connectivity index (χ4v) is 4.67. The molecule has 0 saturated carbocycles. The van der Waals surface area contributed by atoms with Gasteiger partial charge in [-0.15, -0.1) is 10.2 Å². The van der Waals surface area contributed by atoms with Gasteiger partial charge in [-0.25, -0.2) is 0 Å². The number of ketones is 1. The van der Waals surface area contributed by atoms with Crippen molar-refractivity contribution in [3.8, 4) is 17.1 Å². The molecule has 0 amide bonds. The molecule has 0 unspecified atom stereocenters. The fourth-order valence-electron chi connectivity index (χ4n) is 4.67. The first-order valence-corrected chi connectivity index (χ1v) is 12.7. The molecule has 0 atom stereocenters. The van der Waals surface area contributed by atoms with E-state index >= 15 is 0 Å². The van der Waals surface area contributed by atoms with Gasteiger partial charge >= 0.3 is 0 Å². The van der Waals surface area contributed by atoms with E-state index in [2.05, 4.69) is 67.1 Å². The van der Waals surface area contributed by atoms with Crippen LogP contribution in [0.5, 0.6) is 5.75 Å². The largest absolute Gasteiger partial charge is 0.494 e. The molecular formula is C28H37N5O3. The number of aromatic nitrogens is 4. The Morgan fingerprint density at radius 1 is 1.06 bits per heavy atom. The topological polar surface area (TPSA) is 82.4 Å². The van der Waals surface area contributed by atoms with E-state index in [1.165, 1.54) is 15.9 Å². The maximum absolute atomic E-state index is 13.4. The molecule has 1 aliphatic heterocycles. The normalized spacial score (nSPS) is 14.2. The van der Waals surface area contributed by atoms with Gasteiger partial charge in [-0.1, -0.05) is 46.8 Å². The Kier molecular flexibility index (Phi) is 7.73. The lowest BCUT2D eigenvalue weighted by atomic mass is 9.84. The molecule has 2 heterocycles. The quantitative estimate of drug-likeness (QED) is 0.429. The summed E-state index contributed by atoms with van der Waals surface area (Å²) in [4.78, 5) is 17.1. The highest BCUT2D eigenvalue weighted by Crippen LogP contribution is 2.40. The number of ether oxygens (including phenoxy) is 2. The smallest absolute Gasteiger partial charge is 0.204 e. The van der Waals surface area contributed by atoms with Gasteiger partial charge in [0.25, 0.3) is 0 Å². The number of morpholine rings is 1. The minimum Gasteiger partial charge on any atom is -0.494 e. The van der Waals surface area contributed by atoms with Gasteiger partial charge < -0.3 is 14.4 Å². The second kappa shape index (κ2) is 10.8. The highest BCUT2D eigenvalue weighted by molar-refractivity contribution is 5.97. The molecule has 1 aromatic heterocycles. The number of methoxy groups -OCH3 is 1. The maximum atomic E-state index is 13.4. The molecule has 2 aromatic carbocycles. The lowest BCUT2D eigenvalue weighted by Gasteiger charge is -2.33. The number of hydrogen-bond donors (Lipinski definition) is 0. The predicted octanol–water partition coefficient (Wildman–Crippen LogP) is 4.49. The summed E-state index contributed by atoms with van der Waals surface area (Å²) in [5.41, 5.74) is 5.85. The van der Waals surface area contributed by atoms with Crippen LogP contribution in [0.3, 0.4) is 0 Å². The van der Waals surface area contributed by atoms with Crippen LogP contribution in [-0.2, 0) is 29.5 Å². The van der Waals surface area contributed by atoms with Crippen LogP contribution in [0.15, 0.2) is 30.3 Å². The zero-order valence-electron chi connectivity index (χ0n) is 22.3. The molecule has 0 aliphatic carbocycles. The van der Waals surface area contributed by atoms with Gasteiger partial charge in [0.2, 0.25) is 5.82 Å². The molecule has 8 nitrogen and oxygen atoms in total. The lowest BCUT2D eigenvalue weighted by Crippen LogP contribution is -2.37. The van der Waals surface area contributed by atoms with Crippen LogP contribution in [0.1, 0.15) is 61.7 Å². The predicted molar refractivity (Wildman–Crippen MR) is 141 cm³/mol. The summed E-state index contributed by atoms with van der Waals surface area (Å²) in [5, 5.41) is 12.9. The van der Waals surface area contributed by atoms with Gasteiger partial charge in [0.1, 0.15) is 12.3 Å². The summed E-state index contributed by atoms with van der Waals surface area (Å²) in [5.74, 6) is 1.26. The van der Waals surface area contributed by atoms with Crippen molar-refractivity contribution in [2.75, 3.05) is 38.3 Å². The Bertz CT molecular complexity index is 1220. The number of rotatable bonds is 8. The molecule has 0 spiro atoms. The molecule has 3 aromatic rings. The zero-order chi connectivity index (χ0) is 25.9. The molecule has 192 valence electrons. The van der Waals surface area contributed by atoms with Crippen LogP contribution in [0.25, 0.3) is 11.4 Å². The molecule has 0 bridgehead atoms. The van der Waals surface area contributed by atoms with Crippen molar-refractivity contribution in [2.24, 2.45) is 0 Å². The number of benzene rings is 2. The number of tetrazole rings is 1. The Hall–Kier alpha value is -3.26. The van der Waals surface area contributed by atoms with E-state index in [1.807, 2.05) is 18.2 Å². The minimum atomic E-state index is -0.205. The van der Waals surface area contributed by atoms with Gasteiger partial charge in [0.05, 0.1) is 26.0 Å². The molecule has 36 heavy (non-hydrogen) atoms. The second-order valence-electron chi connectivity index (χ2n) is 10.2. The maximum Gasteiger partial charge on any atom is 0.204 e. The summed E-state index contributed by atoms with van der Waals surface area (Å²) in [6.07, 6.45) is 1.94. The summed E-state index contributed by atoms with van der Waals surface area (Å²) in [7, 11) is 1.69. The average Bonchev–Trinajstić information content (AvgIpc) is 3.35. The monoisotopic (exact) mass is 491 g/mol. The number of carbonyl (C=O) groups excluding carboxylic acids is 1. The summed E-state index contributed by atoms with van der Waals surface area (Å²) in [6.45, 7) is 13.5. The van der Waals surface area contributed by atoms with Crippen LogP contribution < -0.4 is 9.64 Å². The molecule has 1 saturated heterocycles. The Labute approximate surface area is 213 Å². The summed E-state index contributed by atoms with van der Waals surface area (Å²) < 4.78 is 11.4. The Morgan fingerprint density at radius 2 is 1.78 bits per heavy atom. The third-order valence-electron chi connectivity index (χ3n) is 6.72. The third kappa shape index (κ3) is 5.43. The SMILES string of the molecule is CCc1ccc(-c2nnn(CC(=O)c3cc(N4CCOCC4)c(OC)c(C(C)(C)C)c3)n2)cc1CC. The van der Waals surface area contributed by atoms with Gasteiger partial charge in [0, 0.05) is 29.8 Å². The fraction of sp³-hybridized carbons (Fsp3) is 0.500. The molecular weight excluding hydrogens is 454 g/mol. The number of Topliss-reactive ketones (excluding diaryl/α,β-unsaturated/α-hetero) is 1. The van der Waals surface area contributed by atoms with Crippen molar-refractivity contribution < 1.29 is 14.3 Å². The number of aryl methyl sites for hydroxylation is 2. The Morgan fingerprint density at radius 3 is 2.42 bits per heavy atom. The van der Waals surface area contributed by atoms with E-state index in [4.69, 9.17) is 9.47 Å². The summed E-state index contributed by atoms with van der Waals surface area (Å²) in [6, 6.07) is 10.1. The van der Waals surface area contributed by atoms with E-state index in [0.29, 0.717) is 24.6 Å². The minimum absolute atomic E-state index is 0.0130. The van der Waals surface area contributed by atoms with E-state index in [-0.39, 0.29) is 17.7 Å². The molecule has 0 radical (unpaired) electrons. The highest BCUT2D eigenvalue weighted by atomic mass is 16.5. The van der Waals surface area contributed by atoms with Gasteiger partial charge in [-0.2, -0.15) is 4.80 Å². The average molecular weight is 492 g/mol. The van der Waals surface area contributed by atoms with Crippen molar-refractivity contribution in [2.45, 2.75) is 59.4 Å². The second-order valence-corrected chi connectivity index (χ2v) is 10.2. The van der Waals surface area contributed by atoms with Crippen molar-refractivity contribution in [1.29, 1.82) is 0 Å². The van der Waals surface area contributed by atoms with Crippen LogP contribution in [0, 0.1) is 0 Å². The number of hydrogen-bond acceptors (Lipinski definition) is 7. The molecule has 0 N–H and O–H groups in total. The first-order chi connectivity index (χ1) is 17.2. The number of nitrogens with zero attached hydrogens (tertiary/aromatic N) is 5.